The fraction of sp³-hybridized carbons (Fsp3) is 1.00. The lowest BCUT2D eigenvalue weighted by molar-refractivity contribution is 0.0554. The molecule has 0 amide bonds. The maximum absolute atomic E-state index is 5.63. The third-order valence-corrected chi connectivity index (χ3v) is 3.46. The molecular formula is C13H28N2O. The van der Waals surface area contributed by atoms with Gasteiger partial charge in [-0.3, -0.25) is 11.3 Å². The standard InChI is InChI=1S/C13H28N2O/c1-11(2)16-10-13(15-14)9-12-7-5-3-4-6-8-12/h11-13,15H,3-10,14H2,1-2H3. The Balaban J connectivity index is 2.24. The van der Waals surface area contributed by atoms with Crippen molar-refractivity contribution >= 4 is 0 Å². The van der Waals surface area contributed by atoms with E-state index in [4.69, 9.17) is 10.6 Å². The molecule has 0 aromatic rings. The largest absolute Gasteiger partial charge is 0.377 e. The lowest BCUT2D eigenvalue weighted by Gasteiger charge is -2.22. The summed E-state index contributed by atoms with van der Waals surface area (Å²) in [4.78, 5) is 0. The summed E-state index contributed by atoms with van der Waals surface area (Å²) in [6, 6.07) is 0.325. The Kier molecular flexibility index (Phi) is 7.01. The summed E-state index contributed by atoms with van der Waals surface area (Å²) in [5.74, 6) is 6.43. The Morgan fingerprint density at radius 3 is 2.31 bits per heavy atom. The second-order valence-electron chi connectivity index (χ2n) is 5.34. The molecule has 3 nitrogen and oxygen atoms in total. The van der Waals surface area contributed by atoms with Gasteiger partial charge in [-0.05, 0) is 26.2 Å². The lowest BCUT2D eigenvalue weighted by Crippen LogP contribution is -2.40. The van der Waals surface area contributed by atoms with E-state index >= 15 is 0 Å². The Morgan fingerprint density at radius 1 is 1.19 bits per heavy atom. The zero-order valence-corrected chi connectivity index (χ0v) is 10.9. The molecule has 0 saturated heterocycles. The molecule has 0 radical (unpaired) electrons. The van der Waals surface area contributed by atoms with Crippen LogP contribution in [0.3, 0.4) is 0 Å². The molecule has 1 saturated carbocycles. The maximum atomic E-state index is 5.63. The van der Waals surface area contributed by atoms with Gasteiger partial charge in [-0.2, -0.15) is 0 Å². The van der Waals surface area contributed by atoms with Crippen LogP contribution in [0, 0.1) is 5.92 Å². The lowest BCUT2D eigenvalue weighted by atomic mass is 9.93. The van der Waals surface area contributed by atoms with Crippen LogP contribution < -0.4 is 11.3 Å². The van der Waals surface area contributed by atoms with Crippen molar-refractivity contribution in [3.05, 3.63) is 0 Å². The van der Waals surface area contributed by atoms with Gasteiger partial charge in [0.15, 0.2) is 0 Å². The summed E-state index contributed by atoms with van der Waals surface area (Å²) >= 11 is 0. The zero-order valence-electron chi connectivity index (χ0n) is 10.9. The summed E-state index contributed by atoms with van der Waals surface area (Å²) in [5.41, 5.74) is 2.90. The Labute approximate surface area is 100 Å². The van der Waals surface area contributed by atoms with Crippen molar-refractivity contribution in [2.45, 2.75) is 70.9 Å². The quantitative estimate of drug-likeness (QED) is 0.417. The first kappa shape index (κ1) is 13.9. The normalized spacial score (nSPS) is 21.0. The molecule has 0 heterocycles. The fourth-order valence-corrected chi connectivity index (χ4v) is 2.49. The van der Waals surface area contributed by atoms with Gasteiger partial charge < -0.3 is 4.74 Å². The third kappa shape index (κ3) is 5.83. The van der Waals surface area contributed by atoms with Crippen molar-refractivity contribution in [2.24, 2.45) is 11.8 Å². The van der Waals surface area contributed by atoms with Gasteiger partial charge in [-0.1, -0.05) is 38.5 Å². The highest BCUT2D eigenvalue weighted by Gasteiger charge is 2.17. The highest BCUT2D eigenvalue weighted by molar-refractivity contribution is 4.72. The van der Waals surface area contributed by atoms with Crippen LogP contribution in [0.25, 0.3) is 0 Å². The molecule has 96 valence electrons. The number of ether oxygens (including phenoxy) is 1. The van der Waals surface area contributed by atoms with Gasteiger partial charge in [0.1, 0.15) is 0 Å². The van der Waals surface area contributed by atoms with Crippen molar-refractivity contribution in [2.75, 3.05) is 6.61 Å². The minimum atomic E-state index is 0.296. The van der Waals surface area contributed by atoms with Crippen LogP contribution in [0.4, 0.5) is 0 Å². The van der Waals surface area contributed by atoms with Gasteiger partial charge in [0.25, 0.3) is 0 Å². The highest BCUT2D eigenvalue weighted by atomic mass is 16.5. The monoisotopic (exact) mass is 228 g/mol. The van der Waals surface area contributed by atoms with E-state index in [1.807, 2.05) is 0 Å². The summed E-state index contributed by atoms with van der Waals surface area (Å²) in [6.07, 6.45) is 9.84. The van der Waals surface area contributed by atoms with Crippen LogP contribution in [-0.4, -0.2) is 18.8 Å². The molecule has 16 heavy (non-hydrogen) atoms. The highest BCUT2D eigenvalue weighted by Crippen LogP contribution is 2.26. The van der Waals surface area contributed by atoms with Gasteiger partial charge >= 0.3 is 0 Å². The SMILES string of the molecule is CC(C)OCC(CC1CCCCCC1)NN. The molecule has 3 heteroatoms. The van der Waals surface area contributed by atoms with E-state index in [-0.39, 0.29) is 0 Å². The molecule has 3 N–H and O–H groups in total. The van der Waals surface area contributed by atoms with Crippen LogP contribution in [0.1, 0.15) is 58.8 Å². The van der Waals surface area contributed by atoms with Crippen molar-refractivity contribution in [1.29, 1.82) is 0 Å². The second kappa shape index (κ2) is 8.04. The van der Waals surface area contributed by atoms with Crippen molar-refractivity contribution in [3.63, 3.8) is 0 Å². The molecule has 0 spiro atoms. The predicted molar refractivity (Wildman–Crippen MR) is 68.0 cm³/mol. The first-order valence-corrected chi connectivity index (χ1v) is 6.80. The first-order valence-electron chi connectivity index (χ1n) is 6.80. The van der Waals surface area contributed by atoms with E-state index in [2.05, 4.69) is 19.3 Å². The first-order chi connectivity index (χ1) is 7.72. The molecule has 1 aliphatic carbocycles. The molecule has 1 unspecified atom stereocenters. The maximum Gasteiger partial charge on any atom is 0.0636 e. The third-order valence-electron chi connectivity index (χ3n) is 3.46. The fourth-order valence-electron chi connectivity index (χ4n) is 2.49. The molecular weight excluding hydrogens is 200 g/mol. The Hall–Kier alpha value is -0.120. The molecule has 1 aliphatic rings. The molecule has 0 bridgehead atoms. The summed E-state index contributed by atoms with van der Waals surface area (Å²) < 4.78 is 5.63. The Morgan fingerprint density at radius 2 is 1.81 bits per heavy atom. The summed E-state index contributed by atoms with van der Waals surface area (Å²) in [5, 5.41) is 0. The number of hydrazine groups is 1. The second-order valence-corrected chi connectivity index (χ2v) is 5.34. The molecule has 1 rings (SSSR count). The number of hydrogen-bond donors (Lipinski definition) is 2. The van der Waals surface area contributed by atoms with Crippen LogP contribution in [0.15, 0.2) is 0 Å². The van der Waals surface area contributed by atoms with E-state index in [1.54, 1.807) is 0 Å². The number of hydrogen-bond acceptors (Lipinski definition) is 3. The predicted octanol–water partition coefficient (Wildman–Crippen LogP) is 2.60. The van der Waals surface area contributed by atoms with Gasteiger partial charge in [0, 0.05) is 6.04 Å². The molecule has 0 aromatic heterocycles. The van der Waals surface area contributed by atoms with Gasteiger partial charge in [-0.15, -0.1) is 0 Å². The van der Waals surface area contributed by atoms with Crippen LogP contribution >= 0.6 is 0 Å². The smallest absolute Gasteiger partial charge is 0.0636 e. The molecule has 1 fully saturated rings. The number of rotatable bonds is 6. The average molecular weight is 228 g/mol. The number of nitrogens with two attached hydrogens (primary N) is 1. The summed E-state index contributed by atoms with van der Waals surface area (Å²) in [7, 11) is 0. The van der Waals surface area contributed by atoms with Crippen LogP contribution in [-0.2, 0) is 4.74 Å². The van der Waals surface area contributed by atoms with E-state index in [9.17, 15) is 0 Å². The van der Waals surface area contributed by atoms with Crippen molar-refractivity contribution < 1.29 is 4.74 Å². The molecule has 1 atom stereocenters. The average Bonchev–Trinajstić information content (AvgIpc) is 2.52. The van der Waals surface area contributed by atoms with E-state index in [0.29, 0.717) is 12.1 Å². The molecule has 0 aliphatic heterocycles. The van der Waals surface area contributed by atoms with E-state index < -0.39 is 0 Å². The van der Waals surface area contributed by atoms with E-state index in [0.717, 1.165) is 12.5 Å². The zero-order chi connectivity index (χ0) is 11.8. The van der Waals surface area contributed by atoms with Crippen molar-refractivity contribution in [1.82, 2.24) is 5.43 Å². The molecule has 0 aromatic carbocycles. The minimum Gasteiger partial charge on any atom is -0.377 e. The van der Waals surface area contributed by atoms with Gasteiger partial charge in [-0.25, -0.2) is 0 Å². The van der Waals surface area contributed by atoms with Crippen LogP contribution in [0.5, 0.6) is 0 Å². The van der Waals surface area contributed by atoms with Gasteiger partial charge in [0.2, 0.25) is 0 Å². The van der Waals surface area contributed by atoms with Crippen LogP contribution in [0.2, 0.25) is 0 Å². The summed E-state index contributed by atoms with van der Waals surface area (Å²) in [6.45, 7) is 4.88. The van der Waals surface area contributed by atoms with Gasteiger partial charge in [0.05, 0.1) is 12.7 Å². The number of nitrogens with one attached hydrogen (secondary N) is 1. The Bertz CT molecular complexity index is 165. The topological polar surface area (TPSA) is 47.3 Å². The minimum absolute atomic E-state index is 0.296. The van der Waals surface area contributed by atoms with E-state index in [1.165, 1.54) is 44.9 Å². The van der Waals surface area contributed by atoms with Crippen molar-refractivity contribution in [3.8, 4) is 0 Å².